The molecule has 24 heavy (non-hydrogen) atoms. The average Bonchev–Trinajstić information content (AvgIpc) is 2.96. The lowest BCUT2D eigenvalue weighted by Gasteiger charge is -2.08. The zero-order chi connectivity index (χ0) is 17.7. The molecule has 0 saturated carbocycles. The van der Waals surface area contributed by atoms with Crippen molar-refractivity contribution in [3.63, 3.8) is 0 Å². The third kappa shape index (κ3) is 4.66. The van der Waals surface area contributed by atoms with E-state index in [4.69, 9.17) is 4.42 Å². The van der Waals surface area contributed by atoms with Gasteiger partial charge >= 0.3 is 12.1 Å². The maximum atomic E-state index is 12.6. The minimum atomic E-state index is -4.49. The van der Waals surface area contributed by atoms with Gasteiger partial charge in [0.15, 0.2) is 5.76 Å². The number of carbonyl (C=O) groups excluding carboxylic acids is 1. The van der Waals surface area contributed by atoms with Crippen molar-refractivity contribution in [2.24, 2.45) is 5.10 Å². The van der Waals surface area contributed by atoms with Gasteiger partial charge in [0.25, 0.3) is 0 Å². The standard InChI is InChI=1S/C14H10F3N3O4/c15-14(16,17)10-3-1-2-9(6-10)7-12(21)19-18-8-11-4-5-13(24-11)20(22)23/h1-6,8H,7H2,(H,19,21). The summed E-state index contributed by atoms with van der Waals surface area (Å²) in [5, 5.41) is 13.9. The number of benzene rings is 1. The lowest BCUT2D eigenvalue weighted by molar-refractivity contribution is -0.402. The van der Waals surface area contributed by atoms with Gasteiger partial charge in [-0.3, -0.25) is 14.9 Å². The summed E-state index contributed by atoms with van der Waals surface area (Å²) in [5.74, 6) is -1.08. The molecule has 1 aromatic carbocycles. The molecule has 1 heterocycles. The van der Waals surface area contributed by atoms with Crippen molar-refractivity contribution in [3.05, 3.63) is 63.4 Å². The lowest BCUT2D eigenvalue weighted by atomic mass is 10.1. The molecule has 10 heteroatoms. The Kier molecular flexibility index (Phi) is 4.97. The van der Waals surface area contributed by atoms with Crippen molar-refractivity contribution in [3.8, 4) is 0 Å². The van der Waals surface area contributed by atoms with Crippen LogP contribution in [0.5, 0.6) is 0 Å². The Hall–Kier alpha value is -3.17. The molecule has 0 aliphatic heterocycles. The van der Waals surface area contributed by atoms with Crippen LogP contribution in [0.15, 0.2) is 45.9 Å². The van der Waals surface area contributed by atoms with Crippen LogP contribution < -0.4 is 5.43 Å². The Morgan fingerprint density at radius 3 is 2.71 bits per heavy atom. The predicted octanol–water partition coefficient (Wildman–Crippen LogP) is 2.90. The molecular formula is C14H10F3N3O4. The van der Waals surface area contributed by atoms with Crippen molar-refractivity contribution in [1.29, 1.82) is 0 Å². The minimum absolute atomic E-state index is 0.0427. The van der Waals surface area contributed by atoms with Gasteiger partial charge in [0.2, 0.25) is 5.91 Å². The van der Waals surface area contributed by atoms with E-state index in [1.807, 2.05) is 0 Å². The molecule has 0 atom stereocenters. The summed E-state index contributed by atoms with van der Waals surface area (Å²) in [7, 11) is 0. The van der Waals surface area contributed by atoms with Crippen LogP contribution in [-0.4, -0.2) is 17.0 Å². The van der Waals surface area contributed by atoms with Gasteiger partial charge in [0.1, 0.15) is 4.92 Å². The summed E-state index contributed by atoms with van der Waals surface area (Å²) in [6, 6.07) is 6.76. The van der Waals surface area contributed by atoms with E-state index in [0.717, 1.165) is 24.4 Å². The van der Waals surface area contributed by atoms with E-state index in [2.05, 4.69) is 10.5 Å². The van der Waals surface area contributed by atoms with Crippen LogP contribution in [-0.2, 0) is 17.4 Å². The monoisotopic (exact) mass is 341 g/mol. The second-order valence-corrected chi connectivity index (χ2v) is 4.60. The van der Waals surface area contributed by atoms with Crippen LogP contribution in [0.4, 0.5) is 19.1 Å². The molecule has 126 valence electrons. The van der Waals surface area contributed by atoms with E-state index in [0.29, 0.717) is 0 Å². The van der Waals surface area contributed by atoms with E-state index < -0.39 is 28.5 Å². The number of hydrazone groups is 1. The zero-order valence-corrected chi connectivity index (χ0v) is 11.9. The Morgan fingerprint density at radius 2 is 2.08 bits per heavy atom. The number of furan rings is 1. The van der Waals surface area contributed by atoms with Gasteiger partial charge in [0.05, 0.1) is 24.3 Å². The number of amides is 1. The van der Waals surface area contributed by atoms with E-state index >= 15 is 0 Å². The highest BCUT2D eigenvalue weighted by atomic mass is 19.4. The molecule has 2 aromatic rings. The highest BCUT2D eigenvalue weighted by Crippen LogP contribution is 2.29. The smallest absolute Gasteiger partial charge is 0.400 e. The van der Waals surface area contributed by atoms with Gasteiger partial charge in [-0.05, 0) is 17.7 Å². The molecule has 2 rings (SSSR count). The SMILES string of the molecule is O=C(Cc1cccc(C(F)(F)F)c1)NN=Cc1ccc([N+](=O)[O-])o1. The maximum Gasteiger partial charge on any atom is 0.433 e. The summed E-state index contributed by atoms with van der Waals surface area (Å²) < 4.78 is 42.5. The van der Waals surface area contributed by atoms with E-state index in [1.165, 1.54) is 18.2 Å². The Morgan fingerprint density at radius 1 is 1.33 bits per heavy atom. The van der Waals surface area contributed by atoms with Crippen molar-refractivity contribution < 1.29 is 27.3 Å². The molecule has 1 aromatic heterocycles. The van der Waals surface area contributed by atoms with Crippen LogP contribution in [0.2, 0.25) is 0 Å². The van der Waals surface area contributed by atoms with Gasteiger partial charge in [-0.2, -0.15) is 18.3 Å². The molecule has 0 radical (unpaired) electrons. The molecule has 0 fully saturated rings. The number of nitro groups is 1. The van der Waals surface area contributed by atoms with Crippen LogP contribution in [0, 0.1) is 10.1 Å². The topological polar surface area (TPSA) is 97.7 Å². The quantitative estimate of drug-likeness (QED) is 0.513. The Balaban J connectivity index is 1.93. The van der Waals surface area contributed by atoms with E-state index in [9.17, 15) is 28.1 Å². The summed E-state index contributed by atoms with van der Waals surface area (Å²) >= 11 is 0. The van der Waals surface area contributed by atoms with Crippen molar-refractivity contribution >= 4 is 18.0 Å². The second-order valence-electron chi connectivity index (χ2n) is 4.60. The first-order chi connectivity index (χ1) is 11.3. The number of hydrogen-bond donors (Lipinski definition) is 1. The van der Waals surface area contributed by atoms with Crippen LogP contribution in [0.25, 0.3) is 0 Å². The molecule has 7 nitrogen and oxygen atoms in total. The number of halogens is 3. The molecule has 0 aliphatic carbocycles. The van der Waals surface area contributed by atoms with Crippen LogP contribution in [0.1, 0.15) is 16.9 Å². The molecule has 0 spiro atoms. The molecule has 0 aliphatic rings. The van der Waals surface area contributed by atoms with E-state index in [-0.39, 0.29) is 17.7 Å². The fraction of sp³-hybridized carbons (Fsp3) is 0.143. The number of rotatable bonds is 5. The maximum absolute atomic E-state index is 12.6. The molecule has 1 amide bonds. The molecule has 0 unspecified atom stereocenters. The van der Waals surface area contributed by atoms with Gasteiger partial charge in [0, 0.05) is 0 Å². The molecular weight excluding hydrogens is 331 g/mol. The van der Waals surface area contributed by atoms with E-state index in [1.54, 1.807) is 0 Å². The third-order valence-corrected chi connectivity index (χ3v) is 2.79. The van der Waals surface area contributed by atoms with Crippen molar-refractivity contribution in [2.45, 2.75) is 12.6 Å². The Bertz CT molecular complexity index is 784. The summed E-state index contributed by atoms with van der Waals surface area (Å²) in [6.45, 7) is 0. The van der Waals surface area contributed by atoms with Gasteiger partial charge < -0.3 is 4.42 Å². The number of nitrogens with one attached hydrogen (secondary N) is 1. The molecule has 1 N–H and O–H groups in total. The zero-order valence-electron chi connectivity index (χ0n) is 11.9. The second kappa shape index (κ2) is 6.94. The fourth-order valence-electron chi connectivity index (χ4n) is 1.76. The highest BCUT2D eigenvalue weighted by molar-refractivity contribution is 5.81. The fourth-order valence-corrected chi connectivity index (χ4v) is 1.76. The lowest BCUT2D eigenvalue weighted by Crippen LogP contribution is -2.20. The molecule has 0 saturated heterocycles. The van der Waals surface area contributed by atoms with Crippen molar-refractivity contribution in [1.82, 2.24) is 5.43 Å². The Labute approximate surface area is 132 Å². The number of alkyl halides is 3. The summed E-state index contributed by atoms with van der Waals surface area (Å²) in [4.78, 5) is 21.3. The van der Waals surface area contributed by atoms with Crippen molar-refractivity contribution in [2.75, 3.05) is 0 Å². The first-order valence-electron chi connectivity index (χ1n) is 6.48. The largest absolute Gasteiger partial charge is 0.433 e. The summed E-state index contributed by atoms with van der Waals surface area (Å²) in [5.41, 5.74) is 1.42. The first kappa shape index (κ1) is 17.2. The number of nitrogens with zero attached hydrogens (tertiary/aromatic N) is 2. The van der Waals surface area contributed by atoms with Gasteiger partial charge in [-0.15, -0.1) is 0 Å². The molecule has 0 bridgehead atoms. The van der Waals surface area contributed by atoms with Gasteiger partial charge in [-0.25, -0.2) is 5.43 Å². The number of hydrogen-bond acceptors (Lipinski definition) is 5. The highest BCUT2D eigenvalue weighted by Gasteiger charge is 2.30. The normalized spacial score (nSPS) is 11.6. The third-order valence-electron chi connectivity index (χ3n) is 2.79. The predicted molar refractivity (Wildman–Crippen MR) is 76.2 cm³/mol. The summed E-state index contributed by atoms with van der Waals surface area (Å²) in [6.07, 6.45) is -3.75. The average molecular weight is 341 g/mol. The van der Waals surface area contributed by atoms with Crippen LogP contribution in [0.3, 0.4) is 0 Å². The van der Waals surface area contributed by atoms with Gasteiger partial charge in [-0.1, -0.05) is 18.2 Å². The number of carbonyl (C=O) groups is 1. The minimum Gasteiger partial charge on any atom is -0.400 e. The van der Waals surface area contributed by atoms with Crippen LogP contribution >= 0.6 is 0 Å². The first-order valence-corrected chi connectivity index (χ1v) is 6.48.